The number of piperazine rings is 1. The molecule has 0 bridgehead atoms. The van der Waals surface area contributed by atoms with Gasteiger partial charge in [0.2, 0.25) is 0 Å². The van der Waals surface area contributed by atoms with Crippen molar-refractivity contribution in [2.24, 2.45) is 0 Å². The number of hydrogen-bond acceptors (Lipinski definition) is 3. The zero-order chi connectivity index (χ0) is 13.8. The molecule has 0 atom stereocenters. The zero-order valence-electron chi connectivity index (χ0n) is 12.3. The van der Waals surface area contributed by atoms with Gasteiger partial charge in [0.1, 0.15) is 5.72 Å². The first kappa shape index (κ1) is 14.1. The largest absolute Gasteiger partial charge is 0.376 e. The van der Waals surface area contributed by atoms with E-state index in [9.17, 15) is 5.11 Å². The topological polar surface area (TPSA) is 26.7 Å². The van der Waals surface area contributed by atoms with Crippen LogP contribution in [0.1, 0.15) is 37.7 Å². The van der Waals surface area contributed by atoms with Gasteiger partial charge in [0, 0.05) is 32.7 Å². The van der Waals surface area contributed by atoms with Crippen LogP contribution in [0.2, 0.25) is 0 Å². The molecule has 1 aliphatic heterocycles. The number of nitrogens with zero attached hydrogens (tertiary/aromatic N) is 2. The van der Waals surface area contributed by atoms with Gasteiger partial charge in [0.15, 0.2) is 0 Å². The van der Waals surface area contributed by atoms with Gasteiger partial charge in [-0.05, 0) is 31.2 Å². The van der Waals surface area contributed by atoms with Crippen LogP contribution in [-0.4, -0.2) is 46.8 Å². The van der Waals surface area contributed by atoms with E-state index in [-0.39, 0.29) is 0 Å². The molecule has 1 aromatic rings. The second kappa shape index (κ2) is 6.25. The van der Waals surface area contributed by atoms with Crippen molar-refractivity contribution < 1.29 is 5.11 Å². The van der Waals surface area contributed by atoms with Crippen LogP contribution in [-0.2, 0) is 6.54 Å². The Balaban J connectivity index is 1.52. The van der Waals surface area contributed by atoms with Crippen molar-refractivity contribution in [1.29, 1.82) is 0 Å². The fourth-order valence-electron chi connectivity index (χ4n) is 3.60. The van der Waals surface area contributed by atoms with Crippen LogP contribution < -0.4 is 0 Å². The Labute approximate surface area is 122 Å². The van der Waals surface area contributed by atoms with Crippen molar-refractivity contribution in [3.8, 4) is 0 Å². The van der Waals surface area contributed by atoms with Crippen LogP contribution in [0.25, 0.3) is 0 Å². The fraction of sp³-hybridized carbons (Fsp3) is 0.647. The van der Waals surface area contributed by atoms with E-state index in [0.717, 1.165) is 45.6 Å². The molecule has 110 valence electrons. The van der Waals surface area contributed by atoms with Crippen molar-refractivity contribution in [3.05, 3.63) is 35.9 Å². The summed E-state index contributed by atoms with van der Waals surface area (Å²) in [5.41, 5.74) is 0.884. The second-order valence-corrected chi connectivity index (χ2v) is 6.29. The SMILES string of the molecule is OC1(N2CCN(Cc3ccccc3)CC2)CCCCC1. The molecule has 3 nitrogen and oxygen atoms in total. The standard InChI is InChI=1S/C17H26N2O/c20-17(9-5-2-6-10-17)19-13-11-18(12-14-19)15-16-7-3-1-4-8-16/h1,3-4,7-8,20H,2,5-6,9-15H2. The average molecular weight is 274 g/mol. The average Bonchev–Trinajstić information content (AvgIpc) is 2.50. The second-order valence-electron chi connectivity index (χ2n) is 6.29. The number of hydrogen-bond donors (Lipinski definition) is 1. The van der Waals surface area contributed by atoms with Gasteiger partial charge < -0.3 is 5.11 Å². The van der Waals surface area contributed by atoms with E-state index in [0.29, 0.717) is 0 Å². The van der Waals surface area contributed by atoms with Gasteiger partial charge in [-0.15, -0.1) is 0 Å². The number of aliphatic hydroxyl groups is 1. The van der Waals surface area contributed by atoms with Crippen molar-refractivity contribution in [3.63, 3.8) is 0 Å². The lowest BCUT2D eigenvalue weighted by molar-refractivity contribution is -0.145. The van der Waals surface area contributed by atoms with Crippen LogP contribution in [0.4, 0.5) is 0 Å². The molecule has 3 rings (SSSR count). The van der Waals surface area contributed by atoms with Crippen LogP contribution >= 0.6 is 0 Å². The van der Waals surface area contributed by atoms with E-state index in [1.807, 2.05) is 0 Å². The van der Waals surface area contributed by atoms with E-state index in [4.69, 9.17) is 0 Å². The summed E-state index contributed by atoms with van der Waals surface area (Å²) >= 11 is 0. The smallest absolute Gasteiger partial charge is 0.118 e. The third-order valence-corrected chi connectivity index (χ3v) is 4.86. The summed E-state index contributed by atoms with van der Waals surface area (Å²) in [7, 11) is 0. The van der Waals surface area contributed by atoms with Crippen molar-refractivity contribution in [2.45, 2.75) is 44.4 Å². The molecule has 0 spiro atoms. The van der Waals surface area contributed by atoms with Gasteiger partial charge in [-0.3, -0.25) is 9.80 Å². The Bertz CT molecular complexity index is 406. The molecular formula is C17H26N2O. The Morgan fingerprint density at radius 2 is 1.55 bits per heavy atom. The van der Waals surface area contributed by atoms with E-state index in [1.54, 1.807) is 0 Å². The minimum absolute atomic E-state index is 0.503. The molecule has 0 radical (unpaired) electrons. The minimum Gasteiger partial charge on any atom is -0.376 e. The van der Waals surface area contributed by atoms with E-state index in [1.165, 1.54) is 24.8 Å². The van der Waals surface area contributed by atoms with Crippen LogP contribution in [0, 0.1) is 0 Å². The molecule has 1 saturated carbocycles. The maximum absolute atomic E-state index is 10.8. The molecule has 20 heavy (non-hydrogen) atoms. The molecule has 1 heterocycles. The molecule has 0 amide bonds. The molecule has 1 aromatic carbocycles. The van der Waals surface area contributed by atoms with Crippen molar-refractivity contribution in [2.75, 3.05) is 26.2 Å². The minimum atomic E-state index is -0.503. The first-order valence-electron chi connectivity index (χ1n) is 8.00. The summed E-state index contributed by atoms with van der Waals surface area (Å²) in [5, 5.41) is 10.8. The summed E-state index contributed by atoms with van der Waals surface area (Å²) in [6, 6.07) is 10.7. The molecule has 1 N–H and O–H groups in total. The lowest BCUT2D eigenvalue weighted by Gasteiger charge is -2.46. The van der Waals surface area contributed by atoms with E-state index < -0.39 is 5.72 Å². The lowest BCUT2D eigenvalue weighted by atomic mass is 9.90. The molecule has 1 saturated heterocycles. The number of rotatable bonds is 3. The molecule has 1 aliphatic carbocycles. The lowest BCUT2D eigenvalue weighted by Crippen LogP contribution is -2.57. The highest BCUT2D eigenvalue weighted by molar-refractivity contribution is 5.14. The predicted molar refractivity (Wildman–Crippen MR) is 81.3 cm³/mol. The highest BCUT2D eigenvalue weighted by atomic mass is 16.3. The quantitative estimate of drug-likeness (QED) is 0.917. The normalized spacial score (nSPS) is 24.6. The first-order chi connectivity index (χ1) is 9.76. The summed E-state index contributed by atoms with van der Waals surface area (Å²) < 4.78 is 0. The maximum Gasteiger partial charge on any atom is 0.118 e. The zero-order valence-corrected chi connectivity index (χ0v) is 12.3. The Morgan fingerprint density at radius 1 is 0.900 bits per heavy atom. The Morgan fingerprint density at radius 3 is 2.20 bits per heavy atom. The molecular weight excluding hydrogens is 248 g/mol. The maximum atomic E-state index is 10.8. The van der Waals surface area contributed by atoms with Gasteiger partial charge in [0.25, 0.3) is 0 Å². The molecule has 3 heteroatoms. The van der Waals surface area contributed by atoms with Gasteiger partial charge in [-0.25, -0.2) is 0 Å². The fourth-order valence-corrected chi connectivity index (χ4v) is 3.60. The number of benzene rings is 1. The van der Waals surface area contributed by atoms with Crippen LogP contribution in [0.15, 0.2) is 30.3 Å². The molecule has 2 fully saturated rings. The Kier molecular flexibility index (Phi) is 4.39. The highest BCUT2D eigenvalue weighted by Crippen LogP contribution is 2.31. The predicted octanol–water partition coefficient (Wildman–Crippen LogP) is 2.46. The molecule has 0 aromatic heterocycles. The summed E-state index contributed by atoms with van der Waals surface area (Å²) in [6.45, 7) is 5.17. The van der Waals surface area contributed by atoms with Crippen LogP contribution in [0.3, 0.4) is 0 Å². The van der Waals surface area contributed by atoms with Crippen molar-refractivity contribution in [1.82, 2.24) is 9.80 Å². The summed E-state index contributed by atoms with van der Waals surface area (Å²) in [6.07, 6.45) is 5.58. The highest BCUT2D eigenvalue weighted by Gasteiger charge is 2.37. The molecule has 2 aliphatic rings. The first-order valence-corrected chi connectivity index (χ1v) is 8.00. The van der Waals surface area contributed by atoms with Gasteiger partial charge in [-0.1, -0.05) is 36.8 Å². The van der Waals surface area contributed by atoms with E-state index in [2.05, 4.69) is 40.1 Å². The van der Waals surface area contributed by atoms with Gasteiger partial charge >= 0.3 is 0 Å². The van der Waals surface area contributed by atoms with Crippen LogP contribution in [0.5, 0.6) is 0 Å². The van der Waals surface area contributed by atoms with Gasteiger partial charge in [-0.2, -0.15) is 0 Å². The third kappa shape index (κ3) is 3.22. The Hall–Kier alpha value is -0.900. The summed E-state index contributed by atoms with van der Waals surface area (Å²) in [5.74, 6) is 0. The monoisotopic (exact) mass is 274 g/mol. The molecule has 0 unspecified atom stereocenters. The third-order valence-electron chi connectivity index (χ3n) is 4.86. The summed E-state index contributed by atoms with van der Waals surface area (Å²) in [4.78, 5) is 4.83. The van der Waals surface area contributed by atoms with Gasteiger partial charge in [0.05, 0.1) is 0 Å². The van der Waals surface area contributed by atoms with Crippen molar-refractivity contribution >= 4 is 0 Å². The van der Waals surface area contributed by atoms with E-state index >= 15 is 0 Å².